The van der Waals surface area contributed by atoms with Crippen LogP contribution in [0, 0.1) is 11.8 Å². The molecule has 0 aliphatic heterocycles. The Bertz CT molecular complexity index is 276. The molecule has 6 rings (SSSR count). The van der Waals surface area contributed by atoms with Crippen LogP contribution in [-0.4, -0.2) is 0 Å². The fraction of sp³-hybridized carbons (Fsp3) is 0.750. The molecule has 0 amide bonds. The molecule has 0 radical (unpaired) electrons. The van der Waals surface area contributed by atoms with Gasteiger partial charge in [-0.05, 0) is 76.0 Å². The molecule has 0 aromatic heterocycles. The lowest BCUT2D eigenvalue weighted by Gasteiger charge is -2.28. The SMILES string of the molecule is C1=C2CCC(C1)CCC1=CCC(CC2)CC1. The predicted octanol–water partition coefficient (Wildman–Crippen LogP) is 5.01. The molecule has 88 valence electrons. The summed E-state index contributed by atoms with van der Waals surface area (Å²) in [5, 5.41) is 0. The highest BCUT2D eigenvalue weighted by Crippen LogP contribution is 2.36. The minimum atomic E-state index is 1.00. The van der Waals surface area contributed by atoms with E-state index in [-0.39, 0.29) is 0 Å². The first-order valence-electron chi connectivity index (χ1n) is 7.26. The Morgan fingerprint density at radius 1 is 0.625 bits per heavy atom. The summed E-state index contributed by atoms with van der Waals surface area (Å²) < 4.78 is 0. The maximum absolute atomic E-state index is 2.58. The number of allylic oxidation sites excluding steroid dienone is 4. The van der Waals surface area contributed by atoms with Crippen molar-refractivity contribution < 1.29 is 0 Å². The van der Waals surface area contributed by atoms with E-state index in [2.05, 4.69) is 12.2 Å². The Labute approximate surface area is 99.8 Å². The van der Waals surface area contributed by atoms with Crippen molar-refractivity contribution in [2.75, 3.05) is 0 Å². The molecule has 4 bridgehead atoms. The van der Waals surface area contributed by atoms with Crippen LogP contribution in [-0.2, 0) is 0 Å². The van der Waals surface area contributed by atoms with E-state index in [0.29, 0.717) is 0 Å². The van der Waals surface area contributed by atoms with Crippen molar-refractivity contribution in [1.29, 1.82) is 0 Å². The van der Waals surface area contributed by atoms with E-state index >= 15 is 0 Å². The quantitative estimate of drug-likeness (QED) is 0.499. The largest absolute Gasteiger partial charge is 0.0851 e. The molecule has 0 unspecified atom stereocenters. The summed E-state index contributed by atoms with van der Waals surface area (Å²) in [5.41, 5.74) is 3.57. The van der Waals surface area contributed by atoms with Crippen LogP contribution in [0.2, 0.25) is 0 Å². The topological polar surface area (TPSA) is 0 Å². The predicted molar refractivity (Wildman–Crippen MR) is 69.3 cm³/mol. The third-order valence-corrected chi connectivity index (χ3v) is 4.97. The summed E-state index contributed by atoms with van der Waals surface area (Å²) in [6.07, 6.45) is 19.4. The molecule has 0 atom stereocenters. The van der Waals surface area contributed by atoms with E-state index in [1.807, 2.05) is 0 Å². The molecular weight excluding hydrogens is 192 g/mol. The average Bonchev–Trinajstić information content (AvgIpc) is 2.33. The summed E-state index contributed by atoms with van der Waals surface area (Å²) in [4.78, 5) is 0. The lowest BCUT2D eigenvalue weighted by Crippen LogP contribution is -2.12. The molecule has 0 N–H and O–H groups in total. The molecule has 1 saturated carbocycles. The molecule has 0 heterocycles. The van der Waals surface area contributed by atoms with Gasteiger partial charge in [-0.3, -0.25) is 0 Å². The zero-order chi connectivity index (χ0) is 10.8. The van der Waals surface area contributed by atoms with Gasteiger partial charge in [0.15, 0.2) is 0 Å². The summed E-state index contributed by atoms with van der Waals surface area (Å²) in [5.74, 6) is 2.00. The van der Waals surface area contributed by atoms with Crippen LogP contribution < -0.4 is 0 Å². The van der Waals surface area contributed by atoms with Gasteiger partial charge < -0.3 is 0 Å². The van der Waals surface area contributed by atoms with E-state index in [1.54, 1.807) is 11.1 Å². The molecule has 1 fully saturated rings. The minimum absolute atomic E-state index is 1.00. The van der Waals surface area contributed by atoms with Gasteiger partial charge in [-0.2, -0.15) is 0 Å². The molecule has 6 aliphatic carbocycles. The molecule has 0 nitrogen and oxygen atoms in total. The van der Waals surface area contributed by atoms with Gasteiger partial charge in [0, 0.05) is 0 Å². The second kappa shape index (κ2) is 4.77. The van der Waals surface area contributed by atoms with E-state index in [9.17, 15) is 0 Å². The summed E-state index contributed by atoms with van der Waals surface area (Å²) in [6.45, 7) is 0. The summed E-state index contributed by atoms with van der Waals surface area (Å²) >= 11 is 0. The van der Waals surface area contributed by atoms with Crippen molar-refractivity contribution in [2.24, 2.45) is 11.8 Å². The van der Waals surface area contributed by atoms with Gasteiger partial charge >= 0.3 is 0 Å². The zero-order valence-corrected chi connectivity index (χ0v) is 10.4. The minimum Gasteiger partial charge on any atom is -0.0851 e. The number of hydrogen-bond donors (Lipinski definition) is 0. The average molecular weight is 216 g/mol. The fourth-order valence-corrected chi connectivity index (χ4v) is 3.64. The third kappa shape index (κ3) is 2.42. The van der Waals surface area contributed by atoms with Gasteiger partial charge in [0.25, 0.3) is 0 Å². The van der Waals surface area contributed by atoms with Crippen LogP contribution in [0.15, 0.2) is 23.3 Å². The Hall–Kier alpha value is -0.520. The number of hydrogen-bond acceptors (Lipinski definition) is 0. The lowest BCUT2D eigenvalue weighted by molar-refractivity contribution is 0.384. The molecule has 0 aromatic rings. The van der Waals surface area contributed by atoms with Gasteiger partial charge in [-0.15, -0.1) is 0 Å². The maximum Gasteiger partial charge on any atom is -0.0318 e. The summed E-state index contributed by atoms with van der Waals surface area (Å²) in [6, 6.07) is 0. The van der Waals surface area contributed by atoms with Crippen molar-refractivity contribution in [3.05, 3.63) is 23.3 Å². The normalized spacial score (nSPS) is 35.0. The van der Waals surface area contributed by atoms with Crippen molar-refractivity contribution in [3.8, 4) is 0 Å². The molecule has 0 spiro atoms. The van der Waals surface area contributed by atoms with Gasteiger partial charge in [0.2, 0.25) is 0 Å². The summed E-state index contributed by atoms with van der Waals surface area (Å²) in [7, 11) is 0. The van der Waals surface area contributed by atoms with Crippen molar-refractivity contribution >= 4 is 0 Å². The molecule has 6 aliphatic rings. The Balaban J connectivity index is 1.73. The second-order valence-electron chi connectivity index (χ2n) is 6.08. The van der Waals surface area contributed by atoms with Gasteiger partial charge in [0.05, 0.1) is 0 Å². The highest BCUT2D eigenvalue weighted by molar-refractivity contribution is 5.11. The standard InChI is InChI=1S/C16H24/c1-2-14-4-3-13(1)9-10-15-5-7-16(8-6-15)12-11-14/h1,7,14-15H,2-6,8-12H2. The fourth-order valence-electron chi connectivity index (χ4n) is 3.64. The lowest BCUT2D eigenvalue weighted by atomic mass is 9.78. The van der Waals surface area contributed by atoms with Crippen LogP contribution in [0.3, 0.4) is 0 Å². The van der Waals surface area contributed by atoms with Crippen LogP contribution in [0.4, 0.5) is 0 Å². The van der Waals surface area contributed by atoms with E-state index in [0.717, 1.165) is 11.8 Å². The molecule has 0 saturated heterocycles. The highest BCUT2D eigenvalue weighted by Gasteiger charge is 2.20. The first-order chi connectivity index (χ1) is 7.90. The zero-order valence-electron chi connectivity index (χ0n) is 10.4. The van der Waals surface area contributed by atoms with Crippen LogP contribution in [0.25, 0.3) is 0 Å². The highest BCUT2D eigenvalue weighted by atomic mass is 14.3. The first-order valence-corrected chi connectivity index (χ1v) is 7.26. The van der Waals surface area contributed by atoms with Crippen LogP contribution in [0.5, 0.6) is 0 Å². The molecule has 0 aromatic carbocycles. The van der Waals surface area contributed by atoms with Gasteiger partial charge in [-0.1, -0.05) is 23.3 Å². The maximum atomic E-state index is 2.58. The Morgan fingerprint density at radius 3 is 1.31 bits per heavy atom. The first kappa shape index (κ1) is 10.6. The monoisotopic (exact) mass is 216 g/mol. The van der Waals surface area contributed by atoms with Crippen LogP contribution >= 0.6 is 0 Å². The van der Waals surface area contributed by atoms with Crippen molar-refractivity contribution in [2.45, 2.75) is 64.2 Å². The molecular formula is C16H24. The molecule has 16 heavy (non-hydrogen) atoms. The third-order valence-electron chi connectivity index (χ3n) is 4.97. The smallest absolute Gasteiger partial charge is 0.0318 e. The molecule has 0 heteroatoms. The van der Waals surface area contributed by atoms with Gasteiger partial charge in [-0.25, -0.2) is 0 Å². The van der Waals surface area contributed by atoms with Gasteiger partial charge in [0.1, 0.15) is 0 Å². The van der Waals surface area contributed by atoms with Crippen molar-refractivity contribution in [3.63, 3.8) is 0 Å². The Morgan fingerprint density at radius 2 is 1.00 bits per heavy atom. The van der Waals surface area contributed by atoms with Crippen LogP contribution in [0.1, 0.15) is 64.2 Å². The Kier molecular flexibility index (Phi) is 3.17. The second-order valence-corrected chi connectivity index (χ2v) is 6.08. The van der Waals surface area contributed by atoms with E-state index in [4.69, 9.17) is 0 Å². The number of rotatable bonds is 0. The van der Waals surface area contributed by atoms with Crippen molar-refractivity contribution in [1.82, 2.24) is 0 Å². The van der Waals surface area contributed by atoms with E-state index in [1.165, 1.54) is 64.2 Å². The van der Waals surface area contributed by atoms with E-state index < -0.39 is 0 Å².